The van der Waals surface area contributed by atoms with E-state index in [9.17, 15) is 9.59 Å². The highest BCUT2D eigenvalue weighted by Gasteiger charge is 2.12. The van der Waals surface area contributed by atoms with E-state index >= 15 is 0 Å². The molecule has 0 aliphatic rings. The summed E-state index contributed by atoms with van der Waals surface area (Å²) in [6, 6.07) is 4.80. The number of aryl methyl sites for hydroxylation is 1. The fourth-order valence-corrected chi connectivity index (χ4v) is 1.58. The number of nitrogens with one attached hydrogen (secondary N) is 1. The summed E-state index contributed by atoms with van der Waals surface area (Å²) in [7, 11) is 1.59. The maximum absolute atomic E-state index is 11.5. The van der Waals surface area contributed by atoms with Gasteiger partial charge in [-0.15, -0.1) is 0 Å². The van der Waals surface area contributed by atoms with Crippen molar-refractivity contribution in [2.24, 2.45) is 0 Å². The molecule has 0 unspecified atom stereocenters. The number of benzene rings is 1. The summed E-state index contributed by atoms with van der Waals surface area (Å²) < 4.78 is 10.1. The molecule has 0 fully saturated rings. The number of carbonyl (C=O) groups excluding carboxylic acids is 1. The van der Waals surface area contributed by atoms with Gasteiger partial charge in [0.05, 0.1) is 0 Å². The lowest BCUT2D eigenvalue weighted by molar-refractivity contribution is -0.123. The average Bonchev–Trinajstić information content (AvgIpc) is 2.42. The zero-order chi connectivity index (χ0) is 15.0. The SMILES string of the molecule is COCCCNC(=O)COc1ccc(C)cc1C(=O)O. The van der Waals surface area contributed by atoms with Crippen LogP contribution in [0, 0.1) is 6.92 Å². The first-order valence-corrected chi connectivity index (χ1v) is 6.27. The van der Waals surface area contributed by atoms with Gasteiger partial charge in [-0.25, -0.2) is 4.79 Å². The molecule has 20 heavy (non-hydrogen) atoms. The van der Waals surface area contributed by atoms with Crippen LogP contribution in [0.15, 0.2) is 18.2 Å². The third kappa shape index (κ3) is 5.27. The predicted octanol–water partition coefficient (Wildman–Crippen LogP) is 1.22. The molecule has 1 rings (SSSR count). The standard InChI is InChI=1S/C14H19NO5/c1-10-4-5-12(11(8-10)14(17)18)20-9-13(16)15-6-3-7-19-2/h4-5,8H,3,6-7,9H2,1-2H3,(H,15,16)(H,17,18). The number of carbonyl (C=O) groups is 2. The van der Waals surface area contributed by atoms with E-state index in [1.165, 1.54) is 6.07 Å². The molecule has 0 aliphatic heterocycles. The number of carboxylic acids is 1. The van der Waals surface area contributed by atoms with Gasteiger partial charge in [0.2, 0.25) is 0 Å². The number of ether oxygens (including phenoxy) is 2. The van der Waals surface area contributed by atoms with Crippen molar-refractivity contribution >= 4 is 11.9 Å². The Balaban J connectivity index is 2.49. The molecule has 1 aromatic carbocycles. The molecule has 0 saturated carbocycles. The molecule has 0 bridgehead atoms. The van der Waals surface area contributed by atoms with Crippen LogP contribution in [0.3, 0.4) is 0 Å². The Bertz CT molecular complexity index is 473. The van der Waals surface area contributed by atoms with Gasteiger partial charge in [0, 0.05) is 20.3 Å². The van der Waals surface area contributed by atoms with Crippen molar-refractivity contribution < 1.29 is 24.2 Å². The van der Waals surface area contributed by atoms with Gasteiger partial charge < -0.3 is 19.9 Å². The summed E-state index contributed by atoms with van der Waals surface area (Å²) in [5, 5.41) is 11.7. The lowest BCUT2D eigenvalue weighted by atomic mass is 10.1. The average molecular weight is 281 g/mol. The van der Waals surface area contributed by atoms with Crippen LogP contribution in [-0.4, -0.2) is 43.9 Å². The van der Waals surface area contributed by atoms with E-state index in [1.54, 1.807) is 26.2 Å². The highest BCUT2D eigenvalue weighted by molar-refractivity contribution is 5.91. The van der Waals surface area contributed by atoms with Gasteiger partial charge in [-0.3, -0.25) is 4.79 Å². The van der Waals surface area contributed by atoms with Gasteiger partial charge in [-0.2, -0.15) is 0 Å². The first-order chi connectivity index (χ1) is 9.54. The van der Waals surface area contributed by atoms with E-state index in [0.29, 0.717) is 19.6 Å². The van der Waals surface area contributed by atoms with E-state index in [0.717, 1.165) is 5.56 Å². The molecule has 0 saturated heterocycles. The zero-order valence-electron chi connectivity index (χ0n) is 11.6. The molecule has 0 aromatic heterocycles. The van der Waals surface area contributed by atoms with E-state index in [1.807, 2.05) is 0 Å². The van der Waals surface area contributed by atoms with Gasteiger partial charge in [0.1, 0.15) is 11.3 Å². The van der Waals surface area contributed by atoms with Crippen LogP contribution < -0.4 is 10.1 Å². The predicted molar refractivity (Wildman–Crippen MR) is 73.1 cm³/mol. The first-order valence-electron chi connectivity index (χ1n) is 6.27. The van der Waals surface area contributed by atoms with Crippen LogP contribution in [0.2, 0.25) is 0 Å². The Morgan fingerprint density at radius 1 is 1.35 bits per heavy atom. The Kier molecular flexibility index (Phi) is 6.52. The van der Waals surface area contributed by atoms with Crippen molar-refractivity contribution in [1.82, 2.24) is 5.32 Å². The van der Waals surface area contributed by atoms with Crippen molar-refractivity contribution in [3.63, 3.8) is 0 Å². The maximum Gasteiger partial charge on any atom is 0.339 e. The third-order valence-electron chi connectivity index (χ3n) is 2.57. The second kappa shape index (κ2) is 8.16. The molecular formula is C14H19NO5. The molecule has 1 aromatic rings. The van der Waals surface area contributed by atoms with Crippen LogP contribution in [0.4, 0.5) is 0 Å². The molecule has 2 N–H and O–H groups in total. The highest BCUT2D eigenvalue weighted by Crippen LogP contribution is 2.19. The van der Waals surface area contributed by atoms with Gasteiger partial charge in [-0.1, -0.05) is 11.6 Å². The second-order valence-electron chi connectivity index (χ2n) is 4.29. The first kappa shape index (κ1) is 16.0. The molecule has 0 atom stereocenters. The molecular weight excluding hydrogens is 262 g/mol. The normalized spacial score (nSPS) is 10.1. The molecule has 6 nitrogen and oxygen atoms in total. The number of aromatic carboxylic acids is 1. The smallest absolute Gasteiger partial charge is 0.339 e. The van der Waals surface area contributed by atoms with E-state index in [4.69, 9.17) is 14.6 Å². The molecule has 6 heteroatoms. The number of carboxylic acid groups (broad SMARTS) is 1. The highest BCUT2D eigenvalue weighted by atomic mass is 16.5. The fraction of sp³-hybridized carbons (Fsp3) is 0.429. The van der Waals surface area contributed by atoms with Crippen LogP contribution >= 0.6 is 0 Å². The Morgan fingerprint density at radius 3 is 2.75 bits per heavy atom. The van der Waals surface area contributed by atoms with Crippen molar-refractivity contribution in [2.45, 2.75) is 13.3 Å². The lowest BCUT2D eigenvalue weighted by Crippen LogP contribution is -2.30. The molecule has 0 spiro atoms. The molecule has 110 valence electrons. The number of methoxy groups -OCH3 is 1. The van der Waals surface area contributed by atoms with Crippen LogP contribution in [0.5, 0.6) is 5.75 Å². The van der Waals surface area contributed by atoms with Gasteiger partial charge in [0.25, 0.3) is 5.91 Å². The number of amides is 1. The zero-order valence-corrected chi connectivity index (χ0v) is 11.6. The van der Waals surface area contributed by atoms with Crippen LogP contribution in [0.25, 0.3) is 0 Å². The summed E-state index contributed by atoms with van der Waals surface area (Å²) >= 11 is 0. The van der Waals surface area contributed by atoms with Gasteiger partial charge in [0.15, 0.2) is 6.61 Å². The summed E-state index contributed by atoms with van der Waals surface area (Å²) in [4.78, 5) is 22.6. The monoisotopic (exact) mass is 281 g/mol. The Hall–Kier alpha value is -2.08. The minimum atomic E-state index is -1.08. The topological polar surface area (TPSA) is 84.9 Å². The molecule has 0 aliphatic carbocycles. The van der Waals surface area contributed by atoms with E-state index in [-0.39, 0.29) is 23.8 Å². The summed E-state index contributed by atoms with van der Waals surface area (Å²) in [5.74, 6) is -1.18. The third-order valence-corrected chi connectivity index (χ3v) is 2.57. The van der Waals surface area contributed by atoms with E-state index < -0.39 is 5.97 Å². The summed E-state index contributed by atoms with van der Waals surface area (Å²) in [6.07, 6.45) is 0.715. The van der Waals surface area contributed by atoms with Crippen molar-refractivity contribution in [3.05, 3.63) is 29.3 Å². The van der Waals surface area contributed by atoms with Crippen molar-refractivity contribution in [3.8, 4) is 5.75 Å². The van der Waals surface area contributed by atoms with Crippen LogP contribution in [0.1, 0.15) is 22.3 Å². The molecule has 0 heterocycles. The quantitative estimate of drug-likeness (QED) is 0.700. The van der Waals surface area contributed by atoms with Crippen molar-refractivity contribution in [2.75, 3.05) is 26.9 Å². The maximum atomic E-state index is 11.5. The largest absolute Gasteiger partial charge is 0.483 e. The number of rotatable bonds is 8. The molecule has 0 radical (unpaired) electrons. The van der Waals surface area contributed by atoms with Crippen molar-refractivity contribution in [1.29, 1.82) is 0 Å². The van der Waals surface area contributed by atoms with Gasteiger partial charge in [-0.05, 0) is 25.5 Å². The Labute approximate surface area is 117 Å². The molecule has 1 amide bonds. The Morgan fingerprint density at radius 2 is 2.10 bits per heavy atom. The minimum Gasteiger partial charge on any atom is -0.483 e. The summed E-state index contributed by atoms with van der Waals surface area (Å²) in [5.41, 5.74) is 0.871. The van der Waals surface area contributed by atoms with E-state index in [2.05, 4.69) is 5.32 Å². The van der Waals surface area contributed by atoms with Gasteiger partial charge >= 0.3 is 5.97 Å². The number of hydrogen-bond donors (Lipinski definition) is 2. The fourth-order valence-electron chi connectivity index (χ4n) is 1.58. The second-order valence-corrected chi connectivity index (χ2v) is 4.29. The van der Waals surface area contributed by atoms with Crippen LogP contribution in [-0.2, 0) is 9.53 Å². The number of hydrogen-bond acceptors (Lipinski definition) is 4. The lowest BCUT2D eigenvalue weighted by Gasteiger charge is -2.10. The minimum absolute atomic E-state index is 0.0529. The summed E-state index contributed by atoms with van der Waals surface area (Å²) in [6.45, 7) is 2.65.